The van der Waals surface area contributed by atoms with Gasteiger partial charge in [0.05, 0.1) is 13.2 Å². The molecule has 0 aromatic heterocycles. The number of likely N-dealkylation sites (N-methyl/N-ethyl adjacent to an activating group) is 2. The van der Waals surface area contributed by atoms with E-state index in [-0.39, 0.29) is 6.04 Å². The van der Waals surface area contributed by atoms with Crippen LogP contribution in [0.4, 0.5) is 0 Å². The van der Waals surface area contributed by atoms with Crippen molar-refractivity contribution in [1.82, 2.24) is 15.1 Å². The summed E-state index contributed by atoms with van der Waals surface area (Å²) in [6.45, 7) is 10.6. The summed E-state index contributed by atoms with van der Waals surface area (Å²) in [6, 6.07) is 12.9. The third kappa shape index (κ3) is 6.37. The van der Waals surface area contributed by atoms with Gasteiger partial charge in [0.1, 0.15) is 19.0 Å². The second kappa shape index (κ2) is 12.1. The molecule has 6 nitrogen and oxygen atoms in total. The van der Waals surface area contributed by atoms with E-state index in [0.717, 1.165) is 56.4 Å². The maximum Gasteiger partial charge on any atom is 0.161 e. The number of hydrogen-bond acceptors (Lipinski definition) is 6. The summed E-state index contributed by atoms with van der Waals surface area (Å²) in [5.41, 5.74) is 3.83. The zero-order valence-electron chi connectivity index (χ0n) is 20.3. The molecule has 0 fully saturated rings. The predicted octanol–water partition coefficient (Wildman–Crippen LogP) is 3.59. The van der Waals surface area contributed by atoms with Crippen LogP contribution in [0.3, 0.4) is 0 Å². The van der Waals surface area contributed by atoms with Crippen LogP contribution in [-0.4, -0.2) is 76.9 Å². The third-order valence-corrected chi connectivity index (χ3v) is 6.06. The van der Waals surface area contributed by atoms with Crippen molar-refractivity contribution < 1.29 is 14.2 Å². The summed E-state index contributed by atoms with van der Waals surface area (Å²) >= 11 is 0. The van der Waals surface area contributed by atoms with Crippen molar-refractivity contribution in [1.29, 1.82) is 0 Å². The number of rotatable bonds is 12. The molecule has 1 aliphatic heterocycles. The molecular weight excluding hydrogens is 402 g/mol. The molecule has 0 saturated carbocycles. The molecule has 0 spiro atoms. The smallest absolute Gasteiger partial charge is 0.161 e. The van der Waals surface area contributed by atoms with Crippen LogP contribution in [0.5, 0.6) is 17.2 Å². The quantitative estimate of drug-likeness (QED) is 0.543. The average molecular weight is 442 g/mol. The Kier molecular flexibility index (Phi) is 9.21. The maximum absolute atomic E-state index is 6.05. The van der Waals surface area contributed by atoms with Crippen molar-refractivity contribution in [3.63, 3.8) is 0 Å². The Morgan fingerprint density at radius 3 is 2.44 bits per heavy atom. The highest BCUT2D eigenvalue weighted by Crippen LogP contribution is 2.36. The Morgan fingerprint density at radius 2 is 1.72 bits per heavy atom. The highest BCUT2D eigenvalue weighted by Gasteiger charge is 2.23. The first-order valence-electron chi connectivity index (χ1n) is 11.7. The lowest BCUT2D eigenvalue weighted by Crippen LogP contribution is -2.30. The molecule has 32 heavy (non-hydrogen) atoms. The molecule has 1 heterocycles. The number of fused-ring (bicyclic) bond motifs is 1. The SMILES string of the molecule is CCN(CC)CCOc1ccc2c(c1)CCNC2c1ccc(OCCN(C)C)c(OC)c1. The van der Waals surface area contributed by atoms with Crippen LogP contribution < -0.4 is 19.5 Å². The molecule has 176 valence electrons. The van der Waals surface area contributed by atoms with E-state index in [9.17, 15) is 0 Å². The highest BCUT2D eigenvalue weighted by molar-refractivity contribution is 5.49. The molecule has 2 aromatic rings. The Morgan fingerprint density at radius 1 is 0.938 bits per heavy atom. The van der Waals surface area contributed by atoms with Gasteiger partial charge in [-0.3, -0.25) is 0 Å². The van der Waals surface area contributed by atoms with Gasteiger partial charge in [-0.2, -0.15) is 0 Å². The van der Waals surface area contributed by atoms with Gasteiger partial charge in [-0.25, -0.2) is 0 Å². The summed E-state index contributed by atoms with van der Waals surface area (Å²) in [5.74, 6) is 2.51. The van der Waals surface area contributed by atoms with Crippen LogP contribution >= 0.6 is 0 Å². The van der Waals surface area contributed by atoms with E-state index >= 15 is 0 Å². The first-order chi connectivity index (χ1) is 15.5. The van der Waals surface area contributed by atoms with E-state index in [1.54, 1.807) is 7.11 Å². The topological polar surface area (TPSA) is 46.2 Å². The van der Waals surface area contributed by atoms with Crippen molar-refractivity contribution in [2.24, 2.45) is 0 Å². The van der Waals surface area contributed by atoms with Crippen LogP contribution in [0, 0.1) is 0 Å². The molecule has 0 aliphatic carbocycles. The molecule has 0 bridgehead atoms. The number of nitrogens with zero attached hydrogens (tertiary/aromatic N) is 2. The van der Waals surface area contributed by atoms with Crippen molar-refractivity contribution in [3.05, 3.63) is 53.1 Å². The second-order valence-corrected chi connectivity index (χ2v) is 8.44. The number of hydrogen-bond donors (Lipinski definition) is 1. The molecule has 1 atom stereocenters. The standard InChI is InChI=1S/C26H39N3O3/c1-6-29(7-2)15-17-31-22-9-10-23-20(18-22)12-13-27-26(23)21-8-11-24(25(19-21)30-5)32-16-14-28(3)4/h8-11,18-19,26-27H,6-7,12-17H2,1-5H3. The van der Waals surface area contributed by atoms with Crippen molar-refractivity contribution in [2.45, 2.75) is 26.3 Å². The van der Waals surface area contributed by atoms with Gasteiger partial charge < -0.3 is 29.3 Å². The van der Waals surface area contributed by atoms with E-state index in [1.807, 2.05) is 20.2 Å². The lowest BCUT2D eigenvalue weighted by Gasteiger charge is -2.28. The van der Waals surface area contributed by atoms with E-state index in [2.05, 4.69) is 59.3 Å². The Labute approximate surface area is 193 Å². The molecule has 3 rings (SSSR count). The van der Waals surface area contributed by atoms with Crippen LogP contribution in [0.2, 0.25) is 0 Å². The number of methoxy groups -OCH3 is 1. The van der Waals surface area contributed by atoms with Crippen LogP contribution in [0.15, 0.2) is 36.4 Å². The minimum atomic E-state index is 0.133. The molecule has 2 aromatic carbocycles. The molecule has 6 heteroatoms. The van der Waals surface area contributed by atoms with Crippen LogP contribution in [-0.2, 0) is 6.42 Å². The average Bonchev–Trinajstić information content (AvgIpc) is 2.81. The first-order valence-corrected chi connectivity index (χ1v) is 11.7. The van der Waals surface area contributed by atoms with Gasteiger partial charge in [0.2, 0.25) is 0 Å². The summed E-state index contributed by atoms with van der Waals surface area (Å²) in [6.07, 6.45) is 1.00. The zero-order chi connectivity index (χ0) is 22.9. The molecule has 0 saturated heterocycles. The fourth-order valence-corrected chi connectivity index (χ4v) is 4.08. The van der Waals surface area contributed by atoms with Gasteiger partial charge in [0, 0.05) is 19.6 Å². The van der Waals surface area contributed by atoms with Crippen LogP contribution in [0.25, 0.3) is 0 Å². The minimum absolute atomic E-state index is 0.133. The minimum Gasteiger partial charge on any atom is -0.493 e. The summed E-state index contributed by atoms with van der Waals surface area (Å²) in [4.78, 5) is 4.48. The van der Waals surface area contributed by atoms with Crippen LogP contribution in [0.1, 0.15) is 36.6 Å². The van der Waals surface area contributed by atoms with E-state index in [1.165, 1.54) is 16.7 Å². The summed E-state index contributed by atoms with van der Waals surface area (Å²) in [7, 11) is 5.77. The first kappa shape index (κ1) is 24.4. The van der Waals surface area contributed by atoms with Gasteiger partial charge in [-0.1, -0.05) is 26.0 Å². The summed E-state index contributed by atoms with van der Waals surface area (Å²) < 4.78 is 17.6. The fraction of sp³-hybridized carbons (Fsp3) is 0.538. The molecule has 1 N–H and O–H groups in total. The van der Waals surface area contributed by atoms with Gasteiger partial charge in [0.25, 0.3) is 0 Å². The van der Waals surface area contributed by atoms with Gasteiger partial charge in [0.15, 0.2) is 11.5 Å². The van der Waals surface area contributed by atoms with Crippen molar-refractivity contribution in [3.8, 4) is 17.2 Å². The lowest BCUT2D eigenvalue weighted by atomic mass is 9.89. The van der Waals surface area contributed by atoms with Gasteiger partial charge in [-0.05, 0) is 74.6 Å². The Bertz CT molecular complexity index is 852. The van der Waals surface area contributed by atoms with E-state index < -0.39 is 0 Å². The molecule has 1 unspecified atom stereocenters. The maximum atomic E-state index is 6.05. The zero-order valence-corrected chi connectivity index (χ0v) is 20.3. The number of nitrogens with one attached hydrogen (secondary N) is 1. The number of ether oxygens (including phenoxy) is 3. The highest BCUT2D eigenvalue weighted by atomic mass is 16.5. The van der Waals surface area contributed by atoms with Gasteiger partial charge in [-0.15, -0.1) is 0 Å². The Balaban J connectivity index is 1.71. The molecule has 1 aliphatic rings. The normalized spacial score (nSPS) is 15.7. The monoisotopic (exact) mass is 441 g/mol. The van der Waals surface area contributed by atoms with Crippen molar-refractivity contribution in [2.75, 3.05) is 67.1 Å². The summed E-state index contributed by atoms with van der Waals surface area (Å²) in [5, 5.41) is 3.66. The third-order valence-electron chi connectivity index (χ3n) is 6.06. The second-order valence-electron chi connectivity index (χ2n) is 8.44. The molecule has 0 amide bonds. The molecular formula is C26H39N3O3. The van der Waals surface area contributed by atoms with Gasteiger partial charge >= 0.3 is 0 Å². The lowest BCUT2D eigenvalue weighted by molar-refractivity contribution is 0.222. The fourth-order valence-electron chi connectivity index (χ4n) is 4.08. The largest absolute Gasteiger partial charge is 0.493 e. The van der Waals surface area contributed by atoms with Crippen molar-refractivity contribution >= 4 is 0 Å². The Hall–Kier alpha value is -2.28. The van der Waals surface area contributed by atoms with E-state index in [4.69, 9.17) is 14.2 Å². The predicted molar refractivity (Wildman–Crippen MR) is 130 cm³/mol. The number of benzene rings is 2. The molecule has 0 radical (unpaired) electrons. The van der Waals surface area contributed by atoms with E-state index in [0.29, 0.717) is 13.2 Å².